The predicted molar refractivity (Wildman–Crippen MR) is 127 cm³/mol. The Morgan fingerprint density at radius 3 is 2.42 bits per heavy atom. The number of hydrogen-bond donors (Lipinski definition) is 2. The van der Waals surface area contributed by atoms with Crippen molar-refractivity contribution in [3.8, 4) is 11.3 Å². The number of benzene rings is 2. The van der Waals surface area contributed by atoms with Crippen molar-refractivity contribution in [3.05, 3.63) is 71.1 Å². The number of thiazole rings is 1. The van der Waals surface area contributed by atoms with E-state index in [0.29, 0.717) is 35.3 Å². The van der Waals surface area contributed by atoms with Crippen molar-refractivity contribution < 1.29 is 14.4 Å². The maximum Gasteiger partial charge on any atom is 0.254 e. The number of amides is 3. The summed E-state index contributed by atoms with van der Waals surface area (Å²) in [7, 11) is 0. The van der Waals surface area contributed by atoms with Gasteiger partial charge in [-0.05, 0) is 49.9 Å². The Bertz CT molecular complexity index is 1170. The van der Waals surface area contributed by atoms with Crippen LogP contribution >= 0.6 is 11.3 Å². The first-order valence-electron chi connectivity index (χ1n) is 11.1. The highest BCUT2D eigenvalue weighted by atomic mass is 32.1. The van der Waals surface area contributed by atoms with Crippen molar-refractivity contribution in [2.75, 3.05) is 11.9 Å². The third-order valence-corrected chi connectivity index (χ3v) is 6.68. The molecule has 1 atom stereocenters. The summed E-state index contributed by atoms with van der Waals surface area (Å²) in [5.74, 6) is -0.398. The summed E-state index contributed by atoms with van der Waals surface area (Å²) < 4.78 is 0. The van der Waals surface area contributed by atoms with Gasteiger partial charge in [-0.15, -0.1) is 11.3 Å². The van der Waals surface area contributed by atoms with E-state index in [1.165, 1.54) is 11.3 Å². The molecule has 3 amide bonds. The van der Waals surface area contributed by atoms with Crippen molar-refractivity contribution in [2.45, 2.75) is 37.8 Å². The molecule has 1 aliphatic carbocycles. The van der Waals surface area contributed by atoms with Gasteiger partial charge in [-0.25, -0.2) is 4.98 Å². The normalized spacial score (nSPS) is 17.6. The molecule has 2 aromatic carbocycles. The fourth-order valence-electron chi connectivity index (χ4n) is 3.97. The van der Waals surface area contributed by atoms with Gasteiger partial charge in [-0.2, -0.15) is 0 Å². The molecule has 1 saturated heterocycles. The number of carbonyl (C=O) groups excluding carboxylic acids is 3. The number of nitrogens with one attached hydrogen (secondary N) is 2. The van der Waals surface area contributed by atoms with Crippen molar-refractivity contribution in [2.24, 2.45) is 0 Å². The lowest BCUT2D eigenvalue weighted by atomic mass is 10.1. The molecule has 1 aliphatic heterocycles. The Labute approximate surface area is 195 Å². The lowest BCUT2D eigenvalue weighted by molar-refractivity contribution is -0.119. The van der Waals surface area contributed by atoms with E-state index < -0.39 is 6.04 Å². The lowest BCUT2D eigenvalue weighted by Crippen LogP contribution is -2.43. The minimum atomic E-state index is -0.505. The molecule has 0 bridgehead atoms. The monoisotopic (exact) mass is 460 g/mol. The van der Waals surface area contributed by atoms with E-state index in [1.54, 1.807) is 29.2 Å². The fourth-order valence-corrected chi connectivity index (χ4v) is 4.69. The second-order valence-corrected chi connectivity index (χ2v) is 9.23. The summed E-state index contributed by atoms with van der Waals surface area (Å²) in [6.07, 6.45) is 3.53. The molecule has 2 aliphatic rings. The molecular formula is C25H24N4O3S. The molecule has 0 radical (unpaired) electrons. The number of rotatable bonds is 6. The average molecular weight is 461 g/mol. The Morgan fingerprint density at radius 2 is 1.70 bits per heavy atom. The zero-order valence-corrected chi connectivity index (χ0v) is 18.8. The van der Waals surface area contributed by atoms with Gasteiger partial charge in [0.2, 0.25) is 5.91 Å². The first kappa shape index (κ1) is 21.3. The highest BCUT2D eigenvalue weighted by molar-refractivity contribution is 7.14. The summed E-state index contributed by atoms with van der Waals surface area (Å²) in [6, 6.07) is 16.2. The van der Waals surface area contributed by atoms with Crippen LogP contribution in [0, 0.1) is 0 Å². The molecule has 7 nitrogen and oxygen atoms in total. The van der Waals surface area contributed by atoms with Gasteiger partial charge < -0.3 is 15.5 Å². The predicted octanol–water partition coefficient (Wildman–Crippen LogP) is 3.95. The second-order valence-electron chi connectivity index (χ2n) is 8.37. The van der Waals surface area contributed by atoms with Gasteiger partial charge in [-0.3, -0.25) is 14.4 Å². The van der Waals surface area contributed by atoms with Gasteiger partial charge in [0.15, 0.2) is 5.13 Å². The molecule has 1 aromatic heterocycles. The Kier molecular flexibility index (Phi) is 5.92. The minimum Gasteiger partial charge on any atom is -0.349 e. The summed E-state index contributed by atoms with van der Waals surface area (Å²) in [5.41, 5.74) is 2.81. The zero-order chi connectivity index (χ0) is 22.8. The Balaban J connectivity index is 1.23. The van der Waals surface area contributed by atoms with Crippen LogP contribution in [0.1, 0.15) is 46.4 Å². The molecular weight excluding hydrogens is 436 g/mol. The summed E-state index contributed by atoms with van der Waals surface area (Å²) in [4.78, 5) is 44.1. The van der Waals surface area contributed by atoms with Crippen LogP contribution in [-0.4, -0.2) is 46.2 Å². The summed E-state index contributed by atoms with van der Waals surface area (Å²) in [6.45, 7) is 0.565. The van der Waals surface area contributed by atoms with Gasteiger partial charge in [0.1, 0.15) is 6.04 Å². The molecule has 33 heavy (non-hydrogen) atoms. The lowest BCUT2D eigenvalue weighted by Gasteiger charge is -2.23. The fraction of sp³-hybridized carbons (Fsp3) is 0.280. The van der Waals surface area contributed by atoms with E-state index in [2.05, 4.69) is 15.6 Å². The van der Waals surface area contributed by atoms with Crippen LogP contribution in [0.3, 0.4) is 0 Å². The van der Waals surface area contributed by atoms with Gasteiger partial charge in [-0.1, -0.05) is 30.3 Å². The van der Waals surface area contributed by atoms with E-state index in [9.17, 15) is 14.4 Å². The number of anilines is 1. The highest BCUT2D eigenvalue weighted by Gasteiger charge is 2.34. The maximum atomic E-state index is 12.9. The molecule has 8 heteroatoms. The number of carbonyl (C=O) groups is 3. The number of likely N-dealkylation sites (tertiary alicyclic amines) is 1. The SMILES string of the molecule is O=C(NC1CC1)c1ccc(-c2csc(NC(=O)C3CCCN3C(=O)c3ccccc3)n2)cc1. The van der Waals surface area contributed by atoms with Crippen LogP contribution < -0.4 is 10.6 Å². The third-order valence-electron chi connectivity index (χ3n) is 5.93. The van der Waals surface area contributed by atoms with Crippen molar-refractivity contribution in [1.29, 1.82) is 0 Å². The molecule has 168 valence electrons. The summed E-state index contributed by atoms with van der Waals surface area (Å²) in [5, 5.41) is 8.22. The highest BCUT2D eigenvalue weighted by Crippen LogP contribution is 2.27. The molecule has 2 heterocycles. The quantitative estimate of drug-likeness (QED) is 0.583. The molecule has 1 saturated carbocycles. The van der Waals surface area contributed by atoms with Crippen LogP contribution in [0.2, 0.25) is 0 Å². The topological polar surface area (TPSA) is 91.4 Å². The van der Waals surface area contributed by atoms with Gasteiger partial charge >= 0.3 is 0 Å². The average Bonchev–Trinajstić information content (AvgIpc) is 3.32. The molecule has 5 rings (SSSR count). The van der Waals surface area contributed by atoms with Gasteiger partial charge in [0.25, 0.3) is 11.8 Å². The number of aromatic nitrogens is 1. The van der Waals surface area contributed by atoms with Crippen LogP contribution in [0.4, 0.5) is 5.13 Å². The van der Waals surface area contributed by atoms with E-state index >= 15 is 0 Å². The van der Waals surface area contributed by atoms with Crippen molar-refractivity contribution in [1.82, 2.24) is 15.2 Å². The maximum absolute atomic E-state index is 12.9. The van der Waals surface area contributed by atoms with E-state index in [-0.39, 0.29) is 17.7 Å². The smallest absolute Gasteiger partial charge is 0.254 e. The van der Waals surface area contributed by atoms with Gasteiger partial charge in [0.05, 0.1) is 5.69 Å². The molecule has 2 N–H and O–H groups in total. The van der Waals surface area contributed by atoms with E-state index in [1.807, 2.05) is 35.7 Å². The first-order valence-corrected chi connectivity index (χ1v) is 12.0. The van der Waals surface area contributed by atoms with Crippen molar-refractivity contribution >= 4 is 34.2 Å². The van der Waals surface area contributed by atoms with Crippen LogP contribution in [0.5, 0.6) is 0 Å². The Hall–Kier alpha value is -3.52. The zero-order valence-electron chi connectivity index (χ0n) is 18.0. The van der Waals surface area contributed by atoms with E-state index in [4.69, 9.17) is 0 Å². The van der Waals surface area contributed by atoms with E-state index in [0.717, 1.165) is 30.5 Å². The molecule has 3 aromatic rings. The minimum absolute atomic E-state index is 0.0542. The molecule has 0 spiro atoms. The summed E-state index contributed by atoms with van der Waals surface area (Å²) >= 11 is 1.34. The Morgan fingerprint density at radius 1 is 0.939 bits per heavy atom. The second kappa shape index (κ2) is 9.15. The number of hydrogen-bond acceptors (Lipinski definition) is 5. The van der Waals surface area contributed by atoms with Crippen LogP contribution in [0.15, 0.2) is 60.0 Å². The molecule has 2 fully saturated rings. The largest absolute Gasteiger partial charge is 0.349 e. The van der Waals surface area contributed by atoms with Crippen LogP contribution in [-0.2, 0) is 4.79 Å². The third kappa shape index (κ3) is 4.80. The van der Waals surface area contributed by atoms with Gasteiger partial charge in [0, 0.05) is 34.7 Å². The van der Waals surface area contributed by atoms with Crippen LogP contribution in [0.25, 0.3) is 11.3 Å². The molecule has 1 unspecified atom stereocenters. The first-order chi connectivity index (χ1) is 16.1. The van der Waals surface area contributed by atoms with Crippen molar-refractivity contribution in [3.63, 3.8) is 0 Å². The standard InChI is InChI=1S/C25H24N4O3S/c30-22(26-19-12-13-19)17-10-8-16(9-11-17)20-15-33-25(27-20)28-23(31)21-7-4-14-29(21)24(32)18-5-2-1-3-6-18/h1-3,5-6,8-11,15,19,21H,4,7,12-14H2,(H,26,30)(H,27,28,31). The number of nitrogens with zero attached hydrogens (tertiary/aromatic N) is 2.